The zero-order valence-electron chi connectivity index (χ0n) is 11.3. The Hall–Kier alpha value is -0.760. The van der Waals surface area contributed by atoms with Crippen LogP contribution in [0.1, 0.15) is 63.9 Å². The predicted octanol–water partition coefficient (Wildman–Crippen LogP) is 4.25. The van der Waals surface area contributed by atoms with Crippen LogP contribution in [0.25, 0.3) is 0 Å². The first-order valence-electron chi connectivity index (χ1n) is 7.26. The molecule has 0 saturated carbocycles. The quantitative estimate of drug-likeness (QED) is 0.552. The normalized spacial score (nSPS) is 10.9. The molecule has 0 amide bonds. The lowest BCUT2D eigenvalue weighted by Gasteiger charge is -2.03. The van der Waals surface area contributed by atoms with Gasteiger partial charge in [0.15, 0.2) is 0 Å². The van der Waals surface area contributed by atoms with E-state index >= 15 is 0 Å². The molecular weight excluding hydrogens is 208 g/mol. The van der Waals surface area contributed by atoms with Gasteiger partial charge in [0.2, 0.25) is 0 Å². The second kappa shape index (κ2) is 10.4. The van der Waals surface area contributed by atoms with Crippen molar-refractivity contribution in [3.63, 3.8) is 0 Å². The SMILES string of the molecule is CCCCCCCCCCNCc1cc[nH]c1. The Morgan fingerprint density at radius 3 is 2.35 bits per heavy atom. The first-order valence-corrected chi connectivity index (χ1v) is 7.26. The Morgan fingerprint density at radius 2 is 1.71 bits per heavy atom. The smallest absolute Gasteiger partial charge is 0.0220 e. The Morgan fingerprint density at radius 1 is 1.00 bits per heavy atom. The molecule has 0 fully saturated rings. The molecule has 0 aromatic carbocycles. The summed E-state index contributed by atoms with van der Waals surface area (Å²) in [5.74, 6) is 0. The van der Waals surface area contributed by atoms with Gasteiger partial charge in [-0.2, -0.15) is 0 Å². The maximum atomic E-state index is 3.48. The van der Waals surface area contributed by atoms with Crippen LogP contribution < -0.4 is 5.32 Å². The predicted molar refractivity (Wildman–Crippen MR) is 75.1 cm³/mol. The van der Waals surface area contributed by atoms with Crippen LogP contribution in [0.3, 0.4) is 0 Å². The van der Waals surface area contributed by atoms with E-state index in [1.165, 1.54) is 56.9 Å². The molecule has 1 heterocycles. The summed E-state index contributed by atoms with van der Waals surface area (Å²) in [5, 5.41) is 3.48. The van der Waals surface area contributed by atoms with E-state index in [1.54, 1.807) is 0 Å². The highest BCUT2D eigenvalue weighted by atomic mass is 14.8. The molecule has 2 N–H and O–H groups in total. The van der Waals surface area contributed by atoms with E-state index in [9.17, 15) is 0 Å². The van der Waals surface area contributed by atoms with Crippen molar-refractivity contribution in [2.24, 2.45) is 0 Å². The highest BCUT2D eigenvalue weighted by molar-refractivity contribution is 5.07. The van der Waals surface area contributed by atoms with Crippen LogP contribution >= 0.6 is 0 Å². The minimum Gasteiger partial charge on any atom is -0.367 e. The molecule has 98 valence electrons. The van der Waals surface area contributed by atoms with Gasteiger partial charge >= 0.3 is 0 Å². The first kappa shape index (κ1) is 14.3. The zero-order chi connectivity index (χ0) is 12.2. The Bertz CT molecular complexity index is 241. The molecule has 0 aliphatic carbocycles. The standard InChI is InChI=1S/C15H28N2/c1-2-3-4-5-6-7-8-9-11-16-13-15-10-12-17-14-15/h10,12,14,16-17H,2-9,11,13H2,1H3. The number of aromatic nitrogens is 1. The summed E-state index contributed by atoms with van der Waals surface area (Å²) in [6.07, 6.45) is 15.2. The van der Waals surface area contributed by atoms with E-state index in [2.05, 4.69) is 29.5 Å². The van der Waals surface area contributed by atoms with Gasteiger partial charge in [-0.1, -0.05) is 51.9 Å². The van der Waals surface area contributed by atoms with Crippen LogP contribution in [0.15, 0.2) is 18.5 Å². The molecule has 0 radical (unpaired) electrons. The average Bonchev–Trinajstić information content (AvgIpc) is 2.85. The van der Waals surface area contributed by atoms with Gasteiger partial charge in [0.25, 0.3) is 0 Å². The summed E-state index contributed by atoms with van der Waals surface area (Å²) in [7, 11) is 0. The highest BCUT2D eigenvalue weighted by Gasteiger charge is 1.93. The third kappa shape index (κ3) is 8.03. The van der Waals surface area contributed by atoms with Crippen LogP contribution in [0.5, 0.6) is 0 Å². The summed E-state index contributed by atoms with van der Waals surface area (Å²) >= 11 is 0. The number of unbranched alkanes of at least 4 members (excludes halogenated alkanes) is 7. The summed E-state index contributed by atoms with van der Waals surface area (Å²) in [5.41, 5.74) is 1.35. The molecule has 0 aliphatic rings. The fourth-order valence-corrected chi connectivity index (χ4v) is 2.08. The van der Waals surface area contributed by atoms with E-state index in [0.29, 0.717) is 0 Å². The van der Waals surface area contributed by atoms with E-state index < -0.39 is 0 Å². The minimum atomic E-state index is 1.00. The number of H-pyrrole nitrogens is 1. The monoisotopic (exact) mass is 236 g/mol. The van der Waals surface area contributed by atoms with Gasteiger partial charge in [0.05, 0.1) is 0 Å². The summed E-state index contributed by atoms with van der Waals surface area (Å²) < 4.78 is 0. The lowest BCUT2D eigenvalue weighted by Crippen LogP contribution is -2.14. The van der Waals surface area contributed by atoms with Crippen LogP contribution in [0, 0.1) is 0 Å². The summed E-state index contributed by atoms with van der Waals surface area (Å²) in [4.78, 5) is 3.08. The summed E-state index contributed by atoms with van der Waals surface area (Å²) in [6.45, 7) is 4.43. The number of hydrogen-bond donors (Lipinski definition) is 2. The lowest BCUT2D eigenvalue weighted by molar-refractivity contribution is 0.555. The molecule has 0 spiro atoms. The molecule has 0 unspecified atom stereocenters. The number of nitrogens with one attached hydrogen (secondary N) is 2. The molecule has 2 heteroatoms. The largest absolute Gasteiger partial charge is 0.367 e. The third-order valence-electron chi connectivity index (χ3n) is 3.20. The van der Waals surface area contributed by atoms with Gasteiger partial charge in [0.1, 0.15) is 0 Å². The molecule has 1 rings (SSSR count). The second-order valence-electron chi connectivity index (χ2n) is 4.87. The molecule has 0 atom stereocenters. The zero-order valence-corrected chi connectivity index (χ0v) is 11.3. The fraction of sp³-hybridized carbons (Fsp3) is 0.733. The number of hydrogen-bond acceptors (Lipinski definition) is 1. The van der Waals surface area contributed by atoms with Gasteiger partial charge in [-0.3, -0.25) is 0 Å². The van der Waals surface area contributed by atoms with Gasteiger partial charge in [-0.15, -0.1) is 0 Å². The maximum absolute atomic E-state index is 3.48. The maximum Gasteiger partial charge on any atom is 0.0220 e. The lowest BCUT2D eigenvalue weighted by atomic mass is 10.1. The van der Waals surface area contributed by atoms with Gasteiger partial charge in [-0.05, 0) is 24.6 Å². The highest BCUT2D eigenvalue weighted by Crippen LogP contribution is 2.07. The van der Waals surface area contributed by atoms with Crippen molar-refractivity contribution in [1.29, 1.82) is 0 Å². The van der Waals surface area contributed by atoms with Crippen LogP contribution in [0.4, 0.5) is 0 Å². The van der Waals surface area contributed by atoms with Gasteiger partial charge in [0, 0.05) is 18.9 Å². The van der Waals surface area contributed by atoms with Crippen LogP contribution in [0.2, 0.25) is 0 Å². The average molecular weight is 236 g/mol. The molecule has 0 bridgehead atoms. The molecule has 1 aromatic heterocycles. The molecule has 0 aliphatic heterocycles. The summed E-state index contributed by atoms with van der Waals surface area (Å²) in [6, 6.07) is 2.13. The van der Waals surface area contributed by atoms with Crippen molar-refractivity contribution in [3.05, 3.63) is 24.0 Å². The topological polar surface area (TPSA) is 27.8 Å². The number of aromatic amines is 1. The van der Waals surface area contributed by atoms with Crippen molar-refractivity contribution < 1.29 is 0 Å². The Labute approximate surface area is 106 Å². The number of rotatable bonds is 11. The molecule has 1 aromatic rings. The van der Waals surface area contributed by atoms with Crippen molar-refractivity contribution in [2.45, 2.75) is 64.8 Å². The third-order valence-corrected chi connectivity index (χ3v) is 3.20. The Kier molecular flexibility index (Phi) is 8.75. The molecule has 17 heavy (non-hydrogen) atoms. The van der Waals surface area contributed by atoms with E-state index in [0.717, 1.165) is 13.1 Å². The van der Waals surface area contributed by atoms with Crippen LogP contribution in [-0.2, 0) is 6.54 Å². The van der Waals surface area contributed by atoms with Crippen LogP contribution in [-0.4, -0.2) is 11.5 Å². The van der Waals surface area contributed by atoms with E-state index in [1.807, 2.05) is 6.20 Å². The van der Waals surface area contributed by atoms with E-state index in [4.69, 9.17) is 0 Å². The van der Waals surface area contributed by atoms with Gasteiger partial charge in [-0.25, -0.2) is 0 Å². The Balaban J connectivity index is 1.76. The van der Waals surface area contributed by atoms with Crippen molar-refractivity contribution in [1.82, 2.24) is 10.3 Å². The van der Waals surface area contributed by atoms with E-state index in [-0.39, 0.29) is 0 Å². The fourth-order valence-electron chi connectivity index (χ4n) is 2.08. The van der Waals surface area contributed by atoms with Crippen molar-refractivity contribution in [3.8, 4) is 0 Å². The molecular formula is C15H28N2. The molecule has 2 nitrogen and oxygen atoms in total. The van der Waals surface area contributed by atoms with Crippen molar-refractivity contribution >= 4 is 0 Å². The van der Waals surface area contributed by atoms with Gasteiger partial charge < -0.3 is 10.3 Å². The minimum absolute atomic E-state index is 1.00. The first-order chi connectivity index (χ1) is 8.43. The second-order valence-corrected chi connectivity index (χ2v) is 4.87. The van der Waals surface area contributed by atoms with Crippen molar-refractivity contribution in [2.75, 3.05) is 6.54 Å². The molecule has 0 saturated heterocycles.